The highest BCUT2D eigenvalue weighted by Crippen LogP contribution is 2.26. The molecule has 0 heterocycles. The molecule has 3 rings (SSSR count). The lowest BCUT2D eigenvalue weighted by Gasteiger charge is -2.11. The summed E-state index contributed by atoms with van der Waals surface area (Å²) in [6, 6.07) is 23.1. The molecule has 0 unspecified atom stereocenters. The van der Waals surface area contributed by atoms with E-state index < -0.39 is 11.8 Å². The SMILES string of the molecule is COc1ccc(/C=C(/NC(=O)c2ccccc2)C(=O)N/N=C\c2ccccc2)c(OC)c1. The molecule has 7 heteroatoms. The van der Waals surface area contributed by atoms with Crippen LogP contribution >= 0.6 is 0 Å². The Morgan fingerprint density at radius 3 is 2.22 bits per heavy atom. The van der Waals surface area contributed by atoms with Gasteiger partial charge in [-0.25, -0.2) is 5.43 Å². The van der Waals surface area contributed by atoms with Gasteiger partial charge in [-0.2, -0.15) is 5.10 Å². The van der Waals surface area contributed by atoms with Crippen LogP contribution in [0.2, 0.25) is 0 Å². The number of nitrogens with one attached hydrogen (secondary N) is 2. The molecule has 0 aliphatic carbocycles. The standard InChI is InChI=1S/C25H23N3O4/c1-31-21-14-13-20(23(16-21)32-2)15-22(27-24(29)19-11-7-4-8-12-19)25(30)28-26-17-18-9-5-3-6-10-18/h3-17H,1-2H3,(H,27,29)(H,28,30)/b22-15+,26-17-. The van der Waals surface area contributed by atoms with Crippen LogP contribution in [0.5, 0.6) is 11.5 Å². The van der Waals surface area contributed by atoms with Gasteiger partial charge in [-0.3, -0.25) is 9.59 Å². The monoisotopic (exact) mass is 429 g/mol. The third-order valence-corrected chi connectivity index (χ3v) is 4.45. The lowest BCUT2D eigenvalue weighted by molar-refractivity contribution is -0.117. The summed E-state index contributed by atoms with van der Waals surface area (Å²) in [6.45, 7) is 0. The molecule has 0 bridgehead atoms. The molecule has 162 valence electrons. The molecule has 0 saturated carbocycles. The van der Waals surface area contributed by atoms with Gasteiger partial charge in [0.25, 0.3) is 11.8 Å². The van der Waals surface area contributed by atoms with Crippen molar-refractivity contribution in [2.24, 2.45) is 5.10 Å². The molecular weight excluding hydrogens is 406 g/mol. The van der Waals surface area contributed by atoms with Crippen LogP contribution in [0.4, 0.5) is 0 Å². The summed E-state index contributed by atoms with van der Waals surface area (Å²) < 4.78 is 10.6. The summed E-state index contributed by atoms with van der Waals surface area (Å²) in [5, 5.41) is 6.65. The lowest BCUT2D eigenvalue weighted by atomic mass is 10.1. The Morgan fingerprint density at radius 2 is 1.56 bits per heavy atom. The van der Waals surface area contributed by atoms with Crippen LogP contribution in [0, 0.1) is 0 Å². The van der Waals surface area contributed by atoms with E-state index in [0.717, 1.165) is 5.56 Å². The number of rotatable bonds is 8. The third kappa shape index (κ3) is 6.06. The quantitative estimate of drug-likeness (QED) is 0.325. The van der Waals surface area contributed by atoms with Gasteiger partial charge in [0, 0.05) is 17.2 Å². The van der Waals surface area contributed by atoms with Gasteiger partial charge in [-0.05, 0) is 35.9 Å². The zero-order chi connectivity index (χ0) is 22.8. The summed E-state index contributed by atoms with van der Waals surface area (Å²) in [5.41, 5.74) is 4.28. The van der Waals surface area contributed by atoms with Crippen LogP contribution in [0.15, 0.2) is 89.7 Å². The minimum absolute atomic E-state index is 0.00697. The first kappa shape index (κ1) is 22.3. The first-order valence-corrected chi connectivity index (χ1v) is 9.79. The number of benzene rings is 3. The van der Waals surface area contributed by atoms with Crippen molar-refractivity contribution in [3.63, 3.8) is 0 Å². The number of carbonyl (C=O) groups excluding carboxylic acids is 2. The van der Waals surface area contributed by atoms with Crippen molar-refractivity contribution < 1.29 is 19.1 Å². The summed E-state index contributed by atoms with van der Waals surface area (Å²) in [7, 11) is 3.06. The number of hydrogen-bond donors (Lipinski definition) is 2. The molecule has 0 aliphatic heterocycles. The Hall–Kier alpha value is -4.39. The summed E-state index contributed by atoms with van der Waals surface area (Å²) in [6.07, 6.45) is 3.04. The van der Waals surface area contributed by atoms with Gasteiger partial charge in [-0.15, -0.1) is 0 Å². The fourth-order valence-electron chi connectivity index (χ4n) is 2.80. The van der Waals surface area contributed by atoms with Gasteiger partial charge in [0.2, 0.25) is 0 Å². The van der Waals surface area contributed by atoms with Gasteiger partial charge < -0.3 is 14.8 Å². The predicted octanol–water partition coefficient (Wildman–Crippen LogP) is 3.63. The normalized spacial score (nSPS) is 11.1. The third-order valence-electron chi connectivity index (χ3n) is 4.45. The van der Waals surface area contributed by atoms with Crippen molar-refractivity contribution >= 4 is 24.1 Å². The van der Waals surface area contributed by atoms with Crippen LogP contribution in [-0.2, 0) is 4.79 Å². The maximum Gasteiger partial charge on any atom is 0.287 e. The number of nitrogens with zero attached hydrogens (tertiary/aromatic N) is 1. The minimum Gasteiger partial charge on any atom is -0.497 e. The molecule has 3 aromatic rings. The Labute approximate surface area is 186 Å². The second-order valence-electron chi connectivity index (χ2n) is 6.60. The molecule has 2 amide bonds. The first-order valence-electron chi connectivity index (χ1n) is 9.79. The number of amides is 2. The van der Waals surface area contributed by atoms with Crippen molar-refractivity contribution in [2.45, 2.75) is 0 Å². The maximum atomic E-state index is 12.9. The molecule has 0 aromatic heterocycles. The average Bonchev–Trinajstić information content (AvgIpc) is 2.84. The van der Waals surface area contributed by atoms with Gasteiger partial charge in [-0.1, -0.05) is 48.5 Å². The fourth-order valence-corrected chi connectivity index (χ4v) is 2.80. The number of carbonyl (C=O) groups is 2. The fraction of sp³-hybridized carbons (Fsp3) is 0.0800. The average molecular weight is 429 g/mol. The van der Waals surface area contributed by atoms with E-state index in [4.69, 9.17) is 9.47 Å². The van der Waals surface area contributed by atoms with Crippen molar-refractivity contribution in [1.82, 2.24) is 10.7 Å². The van der Waals surface area contributed by atoms with Crippen molar-refractivity contribution in [3.05, 3.63) is 101 Å². The minimum atomic E-state index is -0.584. The van der Waals surface area contributed by atoms with Crippen LogP contribution in [0.25, 0.3) is 6.08 Å². The molecule has 2 N–H and O–H groups in total. The van der Waals surface area contributed by atoms with Gasteiger partial charge >= 0.3 is 0 Å². The molecule has 0 saturated heterocycles. The van der Waals surface area contributed by atoms with E-state index in [0.29, 0.717) is 22.6 Å². The molecule has 32 heavy (non-hydrogen) atoms. The second kappa shape index (κ2) is 11.1. The van der Waals surface area contributed by atoms with Crippen LogP contribution in [0.3, 0.4) is 0 Å². The van der Waals surface area contributed by atoms with E-state index in [1.807, 2.05) is 30.3 Å². The Morgan fingerprint density at radius 1 is 0.875 bits per heavy atom. The van der Waals surface area contributed by atoms with E-state index >= 15 is 0 Å². The molecule has 0 atom stereocenters. The molecule has 3 aromatic carbocycles. The zero-order valence-corrected chi connectivity index (χ0v) is 17.7. The topological polar surface area (TPSA) is 89.0 Å². The van der Waals surface area contributed by atoms with Crippen LogP contribution in [-0.4, -0.2) is 32.2 Å². The largest absolute Gasteiger partial charge is 0.497 e. The number of methoxy groups -OCH3 is 2. The lowest BCUT2D eigenvalue weighted by Crippen LogP contribution is -2.32. The van der Waals surface area contributed by atoms with E-state index in [2.05, 4.69) is 15.8 Å². The smallest absolute Gasteiger partial charge is 0.287 e. The predicted molar refractivity (Wildman–Crippen MR) is 124 cm³/mol. The van der Waals surface area contributed by atoms with Crippen LogP contribution < -0.4 is 20.2 Å². The number of ether oxygens (including phenoxy) is 2. The molecule has 0 radical (unpaired) electrons. The van der Waals surface area contributed by atoms with E-state index in [1.165, 1.54) is 19.4 Å². The van der Waals surface area contributed by atoms with Gasteiger partial charge in [0.05, 0.1) is 20.4 Å². The molecule has 0 aliphatic rings. The van der Waals surface area contributed by atoms with Gasteiger partial charge in [0.1, 0.15) is 17.2 Å². The highest BCUT2D eigenvalue weighted by atomic mass is 16.5. The van der Waals surface area contributed by atoms with Crippen molar-refractivity contribution in [2.75, 3.05) is 14.2 Å². The summed E-state index contributed by atoms with van der Waals surface area (Å²) >= 11 is 0. The van der Waals surface area contributed by atoms with E-state index in [1.54, 1.807) is 55.6 Å². The van der Waals surface area contributed by atoms with Crippen LogP contribution in [0.1, 0.15) is 21.5 Å². The van der Waals surface area contributed by atoms with Crippen molar-refractivity contribution in [3.8, 4) is 11.5 Å². The number of hydrazone groups is 1. The Kier molecular flexibility index (Phi) is 7.75. The molecule has 0 spiro atoms. The highest BCUT2D eigenvalue weighted by molar-refractivity contribution is 6.05. The molecule has 0 fully saturated rings. The molecule has 7 nitrogen and oxygen atoms in total. The Balaban J connectivity index is 1.88. The van der Waals surface area contributed by atoms with Crippen molar-refractivity contribution in [1.29, 1.82) is 0 Å². The highest BCUT2D eigenvalue weighted by Gasteiger charge is 2.15. The first-order chi connectivity index (χ1) is 15.6. The van der Waals surface area contributed by atoms with Gasteiger partial charge in [0.15, 0.2) is 0 Å². The molecular formula is C25H23N3O4. The van der Waals surface area contributed by atoms with E-state index in [-0.39, 0.29) is 5.70 Å². The van der Waals surface area contributed by atoms with E-state index in [9.17, 15) is 9.59 Å². The zero-order valence-electron chi connectivity index (χ0n) is 17.7. The Bertz CT molecular complexity index is 1130. The summed E-state index contributed by atoms with van der Waals surface area (Å²) in [4.78, 5) is 25.5. The number of hydrogen-bond acceptors (Lipinski definition) is 5. The maximum absolute atomic E-state index is 12.9. The summed E-state index contributed by atoms with van der Waals surface area (Å²) in [5.74, 6) is 0.0769. The second-order valence-corrected chi connectivity index (χ2v) is 6.60.